The molecule has 1 atom stereocenters. The number of rotatable bonds is 5. The van der Waals surface area contributed by atoms with E-state index in [4.69, 9.17) is 0 Å². The molecule has 0 radical (unpaired) electrons. The Balaban J connectivity index is 1.61. The number of imidazole rings is 1. The Labute approximate surface area is 189 Å². The van der Waals surface area contributed by atoms with Crippen LogP contribution in [0.4, 0.5) is 26.3 Å². The van der Waals surface area contributed by atoms with Crippen molar-refractivity contribution in [3.05, 3.63) is 72.3 Å². The smallest absolute Gasteiger partial charge is 0.434 e. The zero-order valence-corrected chi connectivity index (χ0v) is 17.6. The first-order valence-corrected chi connectivity index (χ1v) is 10.1. The predicted molar refractivity (Wildman–Crippen MR) is 114 cm³/mol. The van der Waals surface area contributed by atoms with Gasteiger partial charge in [0, 0.05) is 5.56 Å². The highest BCUT2D eigenvalue weighted by Crippen LogP contribution is 2.37. The van der Waals surface area contributed by atoms with E-state index < -0.39 is 30.3 Å². The Morgan fingerprint density at radius 2 is 1.47 bits per heavy atom. The summed E-state index contributed by atoms with van der Waals surface area (Å²) in [6.45, 7) is 1.67. The summed E-state index contributed by atoms with van der Waals surface area (Å²) in [5.74, 6) is -0.192. The van der Waals surface area contributed by atoms with Crippen LogP contribution >= 0.6 is 0 Å². The number of aliphatic hydroxyl groups excluding tert-OH is 1. The van der Waals surface area contributed by atoms with Crippen LogP contribution in [0.15, 0.2) is 66.7 Å². The van der Waals surface area contributed by atoms with Crippen molar-refractivity contribution in [1.29, 1.82) is 0 Å². The summed E-state index contributed by atoms with van der Waals surface area (Å²) in [7, 11) is 0. The number of aromatic nitrogens is 2. The molecule has 0 fully saturated rings. The van der Waals surface area contributed by atoms with Crippen LogP contribution in [0.25, 0.3) is 33.5 Å². The van der Waals surface area contributed by atoms with Crippen molar-refractivity contribution >= 4 is 11.0 Å². The molecule has 0 saturated carbocycles. The van der Waals surface area contributed by atoms with Gasteiger partial charge in [-0.25, -0.2) is 4.98 Å². The lowest BCUT2D eigenvalue weighted by atomic mass is 9.96. The van der Waals surface area contributed by atoms with Crippen LogP contribution in [0.5, 0.6) is 5.75 Å². The second-order valence-electron chi connectivity index (χ2n) is 7.69. The van der Waals surface area contributed by atoms with Gasteiger partial charge in [-0.1, -0.05) is 30.3 Å². The molecule has 1 unspecified atom stereocenters. The molecule has 4 aromatic rings. The van der Waals surface area contributed by atoms with E-state index in [-0.39, 0.29) is 0 Å². The van der Waals surface area contributed by atoms with Crippen molar-refractivity contribution in [3.63, 3.8) is 0 Å². The third-order valence-corrected chi connectivity index (χ3v) is 5.18. The van der Waals surface area contributed by atoms with Crippen LogP contribution in [0.1, 0.15) is 18.6 Å². The monoisotopic (exact) mass is 480 g/mol. The first-order valence-electron chi connectivity index (χ1n) is 10.1. The minimum atomic E-state index is -5.60. The standard InChI is InChI=1S/C24H18F6N2O2/c1-13(33)17-4-2-3-5-18(17)15-8-11-19-20(12-15)32-21(31-19)14-6-9-16(10-7-14)34-22(23(25,26)27)24(28,29)30/h2-13,22,33H,1H3,(H,31,32). The first kappa shape index (κ1) is 23.6. The van der Waals surface area contributed by atoms with Crippen LogP contribution in [0.3, 0.4) is 0 Å². The van der Waals surface area contributed by atoms with Gasteiger partial charge in [-0.2, -0.15) is 26.3 Å². The Kier molecular flexibility index (Phi) is 6.03. The second kappa shape index (κ2) is 8.68. The van der Waals surface area contributed by atoms with Gasteiger partial charge in [0.2, 0.25) is 0 Å². The molecule has 0 spiro atoms. The summed E-state index contributed by atoms with van der Waals surface area (Å²) < 4.78 is 80.5. The number of ether oxygens (including phenoxy) is 1. The molecule has 1 aromatic heterocycles. The molecule has 10 heteroatoms. The molecule has 4 nitrogen and oxygen atoms in total. The van der Waals surface area contributed by atoms with E-state index in [1.165, 1.54) is 12.1 Å². The molecule has 1 heterocycles. The molecule has 4 rings (SSSR count). The normalized spacial score (nSPS) is 13.4. The van der Waals surface area contributed by atoms with Crippen molar-refractivity contribution in [2.45, 2.75) is 31.5 Å². The Hall–Kier alpha value is -3.53. The third-order valence-electron chi connectivity index (χ3n) is 5.18. The van der Waals surface area contributed by atoms with Gasteiger partial charge in [0.1, 0.15) is 11.6 Å². The molecule has 178 valence electrons. The lowest BCUT2D eigenvalue weighted by Gasteiger charge is -2.23. The summed E-state index contributed by atoms with van der Waals surface area (Å²) in [6, 6.07) is 17.6. The average molecular weight is 480 g/mol. The van der Waals surface area contributed by atoms with E-state index in [1.54, 1.807) is 13.0 Å². The number of aromatic amines is 1. The fourth-order valence-electron chi connectivity index (χ4n) is 3.58. The largest absolute Gasteiger partial charge is 0.471 e. The molecule has 0 aliphatic carbocycles. The summed E-state index contributed by atoms with van der Waals surface area (Å²) in [4.78, 5) is 7.54. The van der Waals surface area contributed by atoms with E-state index in [9.17, 15) is 31.4 Å². The van der Waals surface area contributed by atoms with Crippen LogP contribution in [0, 0.1) is 0 Å². The molecule has 3 aromatic carbocycles. The van der Waals surface area contributed by atoms with Crippen molar-refractivity contribution in [2.24, 2.45) is 0 Å². The maximum absolute atomic E-state index is 12.7. The van der Waals surface area contributed by atoms with E-state index in [0.717, 1.165) is 28.8 Å². The number of nitrogens with zero attached hydrogens (tertiary/aromatic N) is 1. The summed E-state index contributed by atoms with van der Waals surface area (Å²) in [6.07, 6.45) is -15.8. The molecule has 0 aliphatic heterocycles. The van der Waals surface area contributed by atoms with Crippen molar-refractivity contribution in [2.75, 3.05) is 0 Å². The fourth-order valence-corrected chi connectivity index (χ4v) is 3.58. The molecule has 0 aliphatic rings. The number of hydrogen-bond donors (Lipinski definition) is 2. The van der Waals surface area contributed by atoms with Gasteiger partial charge in [0.15, 0.2) is 0 Å². The minimum absolute atomic E-state index is 0.380. The minimum Gasteiger partial charge on any atom is -0.471 e. The maximum atomic E-state index is 12.7. The van der Waals surface area contributed by atoms with E-state index in [0.29, 0.717) is 22.4 Å². The number of nitrogens with one attached hydrogen (secondary N) is 1. The van der Waals surface area contributed by atoms with Crippen LogP contribution in [-0.4, -0.2) is 33.5 Å². The summed E-state index contributed by atoms with van der Waals surface area (Å²) in [5, 5.41) is 10.0. The van der Waals surface area contributed by atoms with Crippen molar-refractivity contribution in [3.8, 4) is 28.3 Å². The zero-order chi connectivity index (χ0) is 24.7. The predicted octanol–water partition coefficient (Wildman–Crippen LogP) is 6.82. The lowest BCUT2D eigenvalue weighted by molar-refractivity contribution is -0.299. The van der Waals surface area contributed by atoms with Crippen LogP contribution in [-0.2, 0) is 0 Å². The molecule has 2 N–H and O–H groups in total. The van der Waals surface area contributed by atoms with E-state index >= 15 is 0 Å². The number of fused-ring (bicyclic) bond motifs is 1. The summed E-state index contributed by atoms with van der Waals surface area (Å²) >= 11 is 0. The number of halogens is 6. The van der Waals surface area contributed by atoms with Gasteiger partial charge < -0.3 is 14.8 Å². The quantitative estimate of drug-likeness (QED) is 0.308. The molecular formula is C24H18F6N2O2. The highest BCUT2D eigenvalue weighted by atomic mass is 19.4. The number of aliphatic hydroxyl groups is 1. The van der Waals surface area contributed by atoms with E-state index in [1.807, 2.05) is 36.4 Å². The fraction of sp³-hybridized carbons (Fsp3) is 0.208. The first-order chi connectivity index (χ1) is 15.9. The number of H-pyrrole nitrogens is 1. The van der Waals surface area contributed by atoms with Gasteiger partial charge in [-0.05, 0) is 60.0 Å². The lowest BCUT2D eigenvalue weighted by Crippen LogP contribution is -2.46. The highest BCUT2D eigenvalue weighted by Gasteiger charge is 2.59. The van der Waals surface area contributed by atoms with Gasteiger partial charge >= 0.3 is 12.4 Å². The highest BCUT2D eigenvalue weighted by molar-refractivity contribution is 5.85. The van der Waals surface area contributed by atoms with Gasteiger partial charge in [-0.15, -0.1) is 0 Å². The van der Waals surface area contributed by atoms with Gasteiger partial charge in [0.25, 0.3) is 6.10 Å². The van der Waals surface area contributed by atoms with Crippen molar-refractivity contribution in [1.82, 2.24) is 9.97 Å². The SMILES string of the molecule is CC(O)c1ccccc1-c1ccc2nc(-c3ccc(OC(C(F)(F)F)C(F)(F)F)cc3)[nH]c2c1. The Morgan fingerprint density at radius 1 is 0.853 bits per heavy atom. The average Bonchev–Trinajstić information content (AvgIpc) is 3.19. The van der Waals surface area contributed by atoms with Gasteiger partial charge in [-0.3, -0.25) is 0 Å². The number of alkyl halides is 6. The number of hydrogen-bond acceptors (Lipinski definition) is 3. The van der Waals surface area contributed by atoms with Crippen molar-refractivity contribution < 1.29 is 36.2 Å². The molecule has 34 heavy (non-hydrogen) atoms. The van der Waals surface area contributed by atoms with Crippen LogP contribution in [0.2, 0.25) is 0 Å². The van der Waals surface area contributed by atoms with Gasteiger partial charge in [0.05, 0.1) is 17.1 Å². The molecule has 0 amide bonds. The van der Waals surface area contributed by atoms with Crippen LogP contribution < -0.4 is 4.74 Å². The molecule has 0 saturated heterocycles. The zero-order valence-electron chi connectivity index (χ0n) is 17.6. The number of benzene rings is 3. The Bertz CT molecular complexity index is 1280. The maximum Gasteiger partial charge on any atom is 0.434 e. The third kappa shape index (κ3) is 4.86. The topological polar surface area (TPSA) is 58.1 Å². The molecular weight excluding hydrogens is 462 g/mol. The second-order valence-corrected chi connectivity index (χ2v) is 7.69. The summed E-state index contributed by atoms with van der Waals surface area (Å²) in [5.41, 5.74) is 4.18. The Morgan fingerprint density at radius 3 is 2.09 bits per heavy atom. The van der Waals surface area contributed by atoms with E-state index in [2.05, 4.69) is 14.7 Å². The molecule has 0 bridgehead atoms.